The number of carbonyl (C=O) groups is 1. The lowest BCUT2D eigenvalue weighted by atomic mass is 9.89. The topological polar surface area (TPSA) is 26.3 Å². The van der Waals surface area contributed by atoms with Gasteiger partial charge in [0.25, 0.3) is 0 Å². The fraction of sp³-hybridized carbons (Fsp3) is 0.417. The Morgan fingerprint density at radius 3 is 2.79 bits per heavy atom. The number of carbonyl (C=O) groups excluding carboxylic acids is 1. The largest absolute Gasteiger partial charge is 0.430 e. The van der Waals surface area contributed by atoms with Crippen molar-refractivity contribution in [3.63, 3.8) is 0 Å². The van der Waals surface area contributed by atoms with E-state index in [1.54, 1.807) is 0 Å². The normalized spacial score (nSPS) is 32.1. The zero-order chi connectivity index (χ0) is 9.97. The van der Waals surface area contributed by atoms with Gasteiger partial charge in [-0.3, -0.25) is 4.79 Å². The summed E-state index contributed by atoms with van der Waals surface area (Å²) in [7, 11) is 0. The number of esters is 1. The molecule has 0 aromatic heterocycles. The lowest BCUT2D eigenvalue weighted by Crippen LogP contribution is -2.12. The molecule has 0 amide bonds. The Morgan fingerprint density at radius 1 is 1.36 bits per heavy atom. The molecule has 0 N–H and O–H groups in total. The third-order valence-corrected chi connectivity index (χ3v) is 2.59. The van der Waals surface area contributed by atoms with Gasteiger partial charge in [-0.25, -0.2) is 0 Å². The van der Waals surface area contributed by atoms with Crippen LogP contribution in [0.5, 0.6) is 0 Å². The summed E-state index contributed by atoms with van der Waals surface area (Å²) in [5.74, 6) is 0.794. The smallest absolute Gasteiger partial charge is 0.318 e. The van der Waals surface area contributed by atoms with E-state index in [1.165, 1.54) is 0 Å². The molecule has 0 spiro atoms. The van der Waals surface area contributed by atoms with Gasteiger partial charge < -0.3 is 4.74 Å². The van der Waals surface area contributed by atoms with Crippen molar-refractivity contribution in [3.8, 4) is 0 Å². The van der Waals surface area contributed by atoms with Crippen LogP contribution in [0.15, 0.2) is 36.1 Å². The molecule has 2 aliphatic rings. The average Bonchev–Trinajstić information content (AvgIpc) is 2.54. The van der Waals surface area contributed by atoms with Crippen LogP contribution < -0.4 is 0 Å². The van der Waals surface area contributed by atoms with Crippen molar-refractivity contribution in [2.45, 2.75) is 19.8 Å². The number of cyclic esters (lactones) is 1. The van der Waals surface area contributed by atoms with E-state index < -0.39 is 0 Å². The van der Waals surface area contributed by atoms with Crippen molar-refractivity contribution in [2.75, 3.05) is 0 Å². The van der Waals surface area contributed by atoms with Crippen molar-refractivity contribution < 1.29 is 9.53 Å². The van der Waals surface area contributed by atoms with Gasteiger partial charge >= 0.3 is 5.97 Å². The van der Waals surface area contributed by atoms with Crippen LogP contribution in [-0.2, 0) is 9.53 Å². The van der Waals surface area contributed by atoms with Gasteiger partial charge in [-0.15, -0.1) is 0 Å². The van der Waals surface area contributed by atoms with Crippen molar-refractivity contribution in [3.05, 3.63) is 36.1 Å². The minimum absolute atomic E-state index is 0.0805. The van der Waals surface area contributed by atoms with Gasteiger partial charge in [0.2, 0.25) is 0 Å². The fourth-order valence-corrected chi connectivity index (χ4v) is 1.82. The second-order valence-electron chi connectivity index (χ2n) is 3.64. The first-order valence-electron chi connectivity index (χ1n) is 5.09. The number of allylic oxidation sites excluding steroid dienone is 4. The second-order valence-corrected chi connectivity index (χ2v) is 3.64. The van der Waals surface area contributed by atoms with Gasteiger partial charge in [-0.2, -0.15) is 0 Å². The summed E-state index contributed by atoms with van der Waals surface area (Å²) >= 11 is 0. The van der Waals surface area contributed by atoms with Crippen molar-refractivity contribution in [1.29, 1.82) is 0 Å². The maximum absolute atomic E-state index is 11.4. The van der Waals surface area contributed by atoms with Crippen LogP contribution in [0.4, 0.5) is 0 Å². The summed E-state index contributed by atoms with van der Waals surface area (Å²) in [6, 6.07) is 0. The number of fused-ring (bicyclic) bond motifs is 1. The molecule has 74 valence electrons. The summed E-state index contributed by atoms with van der Waals surface area (Å²) < 4.78 is 5.23. The summed E-state index contributed by atoms with van der Waals surface area (Å²) in [5.41, 5.74) is 0. The molecule has 1 aliphatic carbocycles. The number of hydrogen-bond donors (Lipinski definition) is 0. The molecule has 1 saturated heterocycles. The first kappa shape index (κ1) is 9.25. The minimum atomic E-state index is -0.113. The Hall–Kier alpha value is -1.31. The highest BCUT2D eigenvalue weighted by atomic mass is 16.5. The van der Waals surface area contributed by atoms with Gasteiger partial charge in [0.1, 0.15) is 5.76 Å². The van der Waals surface area contributed by atoms with E-state index in [4.69, 9.17) is 4.74 Å². The summed E-state index contributed by atoms with van der Waals surface area (Å²) in [6.07, 6.45) is 11.9. The molecule has 2 heteroatoms. The van der Waals surface area contributed by atoms with E-state index in [0.717, 1.165) is 18.6 Å². The van der Waals surface area contributed by atoms with Crippen LogP contribution in [0.2, 0.25) is 0 Å². The molecule has 1 fully saturated rings. The van der Waals surface area contributed by atoms with E-state index in [9.17, 15) is 4.79 Å². The Labute approximate surface area is 83.9 Å². The molecule has 2 rings (SSSR count). The zero-order valence-electron chi connectivity index (χ0n) is 8.27. The standard InChI is InChI=1S/C12H14O2/c1-2-3-8-11-9-6-4-5-7-10(9)12(13)14-11/h4-10H,2-3H2,1H3/b11-8-. The predicted octanol–water partition coefficient (Wildman–Crippen LogP) is 2.59. The number of unbranched alkanes of at least 4 members (excludes halogenated alkanes) is 1. The first-order valence-corrected chi connectivity index (χ1v) is 5.09. The number of rotatable bonds is 2. The van der Waals surface area contributed by atoms with Gasteiger partial charge in [0.05, 0.1) is 11.8 Å². The fourth-order valence-electron chi connectivity index (χ4n) is 1.82. The van der Waals surface area contributed by atoms with Crippen LogP contribution in [0, 0.1) is 11.8 Å². The molecule has 0 aromatic rings. The molecular formula is C12H14O2. The third-order valence-electron chi connectivity index (χ3n) is 2.59. The Kier molecular flexibility index (Phi) is 2.53. The lowest BCUT2D eigenvalue weighted by Gasteiger charge is -2.10. The lowest BCUT2D eigenvalue weighted by molar-refractivity contribution is -0.137. The van der Waals surface area contributed by atoms with Crippen molar-refractivity contribution in [1.82, 2.24) is 0 Å². The summed E-state index contributed by atoms with van der Waals surface area (Å²) in [5, 5.41) is 0. The zero-order valence-corrected chi connectivity index (χ0v) is 8.27. The minimum Gasteiger partial charge on any atom is -0.430 e. The quantitative estimate of drug-likeness (QED) is 0.625. The van der Waals surface area contributed by atoms with E-state index >= 15 is 0 Å². The SMILES string of the molecule is CCC/C=C1\OC(=O)C2C=CC=CC12. The molecule has 2 atom stereocenters. The van der Waals surface area contributed by atoms with Crippen molar-refractivity contribution in [2.24, 2.45) is 11.8 Å². The Bertz CT molecular complexity index is 323. The third kappa shape index (κ3) is 1.52. The molecule has 1 aliphatic heterocycles. The molecule has 2 nitrogen and oxygen atoms in total. The molecule has 1 heterocycles. The first-order chi connectivity index (χ1) is 6.83. The van der Waals surface area contributed by atoms with E-state index in [0.29, 0.717) is 0 Å². The molecule has 0 radical (unpaired) electrons. The van der Waals surface area contributed by atoms with E-state index in [-0.39, 0.29) is 17.8 Å². The van der Waals surface area contributed by atoms with Crippen LogP contribution in [0.1, 0.15) is 19.8 Å². The summed E-state index contributed by atoms with van der Waals surface area (Å²) in [6.45, 7) is 2.11. The summed E-state index contributed by atoms with van der Waals surface area (Å²) in [4.78, 5) is 11.4. The van der Waals surface area contributed by atoms with Crippen LogP contribution in [-0.4, -0.2) is 5.97 Å². The molecule has 0 aromatic carbocycles. The Balaban J connectivity index is 2.19. The van der Waals surface area contributed by atoms with Gasteiger partial charge in [0.15, 0.2) is 0 Å². The highest BCUT2D eigenvalue weighted by Gasteiger charge is 2.38. The highest BCUT2D eigenvalue weighted by molar-refractivity contribution is 5.80. The van der Waals surface area contributed by atoms with Gasteiger partial charge in [-0.05, 0) is 12.5 Å². The van der Waals surface area contributed by atoms with Gasteiger partial charge in [0, 0.05) is 0 Å². The van der Waals surface area contributed by atoms with Gasteiger partial charge in [-0.1, -0.05) is 37.6 Å². The molecule has 0 saturated carbocycles. The van der Waals surface area contributed by atoms with Crippen LogP contribution >= 0.6 is 0 Å². The number of hydrogen-bond acceptors (Lipinski definition) is 2. The molecule has 2 unspecified atom stereocenters. The molecule has 14 heavy (non-hydrogen) atoms. The molecule has 0 bridgehead atoms. The second kappa shape index (κ2) is 3.82. The maximum atomic E-state index is 11.4. The highest BCUT2D eigenvalue weighted by Crippen LogP contribution is 2.35. The predicted molar refractivity (Wildman–Crippen MR) is 54.3 cm³/mol. The Morgan fingerprint density at radius 2 is 2.07 bits per heavy atom. The number of ether oxygens (including phenoxy) is 1. The molecular weight excluding hydrogens is 176 g/mol. The average molecular weight is 190 g/mol. The maximum Gasteiger partial charge on any atom is 0.318 e. The van der Waals surface area contributed by atoms with Crippen molar-refractivity contribution >= 4 is 5.97 Å². The van der Waals surface area contributed by atoms with Crippen LogP contribution in [0.3, 0.4) is 0 Å². The van der Waals surface area contributed by atoms with E-state index in [2.05, 4.69) is 6.92 Å². The monoisotopic (exact) mass is 190 g/mol. The van der Waals surface area contributed by atoms with Crippen LogP contribution in [0.25, 0.3) is 0 Å². The van der Waals surface area contributed by atoms with E-state index in [1.807, 2.05) is 30.4 Å².